The lowest BCUT2D eigenvalue weighted by Gasteiger charge is -2.16. The molecule has 23 heavy (non-hydrogen) atoms. The molecule has 1 saturated carbocycles. The first kappa shape index (κ1) is 15.8. The summed E-state index contributed by atoms with van der Waals surface area (Å²) in [5.41, 5.74) is -0.188. The molecule has 3 atom stereocenters. The van der Waals surface area contributed by atoms with Crippen molar-refractivity contribution in [3.8, 4) is 0 Å². The second-order valence-electron chi connectivity index (χ2n) is 6.18. The Hall–Kier alpha value is -2.05. The molecule has 4 nitrogen and oxygen atoms in total. The number of hydrogen-bond donors (Lipinski definition) is 1. The van der Waals surface area contributed by atoms with Crippen molar-refractivity contribution in [2.45, 2.75) is 24.9 Å². The van der Waals surface area contributed by atoms with Crippen LogP contribution in [0.25, 0.3) is 0 Å². The van der Waals surface area contributed by atoms with Crippen LogP contribution in [0.4, 0.5) is 13.2 Å². The maximum Gasteiger partial charge on any atom is 0.416 e. The first-order valence-electron chi connectivity index (χ1n) is 7.46. The highest BCUT2D eigenvalue weighted by molar-refractivity contribution is 5.84. The van der Waals surface area contributed by atoms with E-state index in [9.17, 15) is 22.8 Å². The molecule has 1 N–H and O–H groups in total. The van der Waals surface area contributed by atoms with Gasteiger partial charge in [-0.15, -0.1) is 0 Å². The average molecular weight is 327 g/mol. The van der Waals surface area contributed by atoms with Crippen LogP contribution < -0.4 is 0 Å². The van der Waals surface area contributed by atoms with E-state index >= 15 is 0 Å². The summed E-state index contributed by atoms with van der Waals surface area (Å²) in [4.78, 5) is 24.8. The zero-order valence-corrected chi connectivity index (χ0v) is 12.2. The van der Waals surface area contributed by atoms with Crippen LogP contribution in [0.1, 0.15) is 29.9 Å². The molecule has 0 bridgehead atoms. The van der Waals surface area contributed by atoms with Crippen LogP contribution in [0.5, 0.6) is 0 Å². The molecular formula is C16H16F3NO3. The number of rotatable bonds is 3. The van der Waals surface area contributed by atoms with Crippen LogP contribution in [0, 0.1) is 11.8 Å². The van der Waals surface area contributed by atoms with Gasteiger partial charge in [0.25, 0.3) is 0 Å². The van der Waals surface area contributed by atoms with Crippen molar-refractivity contribution in [3.05, 3.63) is 35.4 Å². The summed E-state index contributed by atoms with van der Waals surface area (Å²) in [6.07, 6.45) is -3.44. The Balaban J connectivity index is 1.66. The lowest BCUT2D eigenvalue weighted by molar-refractivity contribution is -0.141. The fraction of sp³-hybridized carbons (Fsp3) is 0.500. The summed E-state index contributed by atoms with van der Waals surface area (Å²) in [5, 5.41) is 8.96. The van der Waals surface area contributed by atoms with Crippen molar-refractivity contribution in [1.29, 1.82) is 0 Å². The lowest BCUT2D eigenvalue weighted by Crippen LogP contribution is -2.31. The summed E-state index contributed by atoms with van der Waals surface area (Å²) in [6.45, 7) is 0.599. The van der Waals surface area contributed by atoms with Gasteiger partial charge in [0.2, 0.25) is 5.91 Å². The molecule has 0 radical (unpaired) electrons. The first-order valence-corrected chi connectivity index (χ1v) is 7.46. The van der Waals surface area contributed by atoms with E-state index in [0.717, 1.165) is 12.1 Å². The van der Waals surface area contributed by atoms with E-state index in [1.807, 2.05) is 0 Å². The van der Waals surface area contributed by atoms with Gasteiger partial charge < -0.3 is 10.0 Å². The zero-order chi connectivity index (χ0) is 16.8. The van der Waals surface area contributed by atoms with Gasteiger partial charge in [-0.3, -0.25) is 9.59 Å². The van der Waals surface area contributed by atoms with E-state index in [4.69, 9.17) is 5.11 Å². The fourth-order valence-electron chi connectivity index (χ4n) is 3.18. The van der Waals surface area contributed by atoms with E-state index in [-0.39, 0.29) is 24.3 Å². The second kappa shape index (κ2) is 5.54. The van der Waals surface area contributed by atoms with Gasteiger partial charge in [0, 0.05) is 19.0 Å². The maximum atomic E-state index is 12.7. The van der Waals surface area contributed by atoms with Gasteiger partial charge in [0.1, 0.15) is 0 Å². The molecule has 1 amide bonds. The molecule has 2 aliphatic rings. The molecule has 0 spiro atoms. The summed E-state index contributed by atoms with van der Waals surface area (Å²) in [6, 6.07) is 5.08. The lowest BCUT2D eigenvalue weighted by atomic mass is 10.1. The van der Waals surface area contributed by atoms with Crippen molar-refractivity contribution in [2.24, 2.45) is 11.8 Å². The quantitative estimate of drug-likeness (QED) is 0.929. The van der Waals surface area contributed by atoms with Gasteiger partial charge in [-0.1, -0.05) is 18.2 Å². The molecular weight excluding hydrogens is 311 g/mol. The van der Waals surface area contributed by atoms with Crippen molar-refractivity contribution in [3.63, 3.8) is 0 Å². The Morgan fingerprint density at radius 1 is 1.26 bits per heavy atom. The summed E-state index contributed by atoms with van der Waals surface area (Å²) in [5.74, 6) is -2.12. The van der Waals surface area contributed by atoms with Crippen molar-refractivity contribution in [2.75, 3.05) is 13.1 Å². The molecule has 1 saturated heterocycles. The fourth-order valence-corrected chi connectivity index (χ4v) is 3.18. The number of amides is 1. The standard InChI is InChI=1S/C16H16F3NO3/c17-16(18,19)11-3-1-2-9(6-11)12-7-13(12)14(21)20-5-4-10(8-20)15(22)23/h1-3,6,10,12-13H,4-5,7-8H2,(H,22,23)/t10-,12-,13-/m1/s1. The number of carboxylic acids is 1. The molecule has 0 aromatic heterocycles. The number of aliphatic carboxylic acids is 1. The molecule has 1 aliphatic heterocycles. The van der Waals surface area contributed by atoms with Gasteiger partial charge in [-0.2, -0.15) is 13.2 Å². The molecule has 2 fully saturated rings. The largest absolute Gasteiger partial charge is 0.481 e. The van der Waals surface area contributed by atoms with Gasteiger partial charge >= 0.3 is 12.1 Å². The monoisotopic (exact) mass is 327 g/mol. The van der Waals surface area contributed by atoms with Gasteiger partial charge in [0.15, 0.2) is 0 Å². The van der Waals surface area contributed by atoms with Crippen LogP contribution in [0.3, 0.4) is 0 Å². The Bertz CT molecular complexity index is 644. The second-order valence-corrected chi connectivity index (χ2v) is 6.18. The third kappa shape index (κ3) is 3.18. The Kier molecular flexibility index (Phi) is 3.82. The predicted octanol–water partition coefficient (Wildman–Crippen LogP) is 2.74. The molecule has 1 aromatic carbocycles. The number of carbonyl (C=O) groups excluding carboxylic acids is 1. The number of alkyl halides is 3. The van der Waals surface area contributed by atoms with Crippen molar-refractivity contribution in [1.82, 2.24) is 4.90 Å². The molecule has 1 heterocycles. The highest BCUT2D eigenvalue weighted by Crippen LogP contribution is 2.49. The average Bonchev–Trinajstić information content (AvgIpc) is 3.13. The smallest absolute Gasteiger partial charge is 0.416 e. The van der Waals surface area contributed by atoms with Gasteiger partial charge in [0.05, 0.1) is 11.5 Å². The number of benzene rings is 1. The Labute approximate surface area is 130 Å². The van der Waals surface area contributed by atoms with Crippen LogP contribution >= 0.6 is 0 Å². The van der Waals surface area contributed by atoms with Gasteiger partial charge in [-0.05, 0) is 30.4 Å². The minimum Gasteiger partial charge on any atom is -0.481 e. The molecule has 0 unspecified atom stereocenters. The predicted molar refractivity (Wildman–Crippen MR) is 74.6 cm³/mol. The van der Waals surface area contributed by atoms with Gasteiger partial charge in [-0.25, -0.2) is 0 Å². The van der Waals surface area contributed by atoms with E-state index in [1.165, 1.54) is 11.0 Å². The normalized spacial score (nSPS) is 27.1. The first-order chi connectivity index (χ1) is 10.8. The number of carbonyl (C=O) groups is 2. The van der Waals surface area contributed by atoms with Crippen LogP contribution in [0.15, 0.2) is 24.3 Å². The number of carboxylic acid groups (broad SMARTS) is 1. The van der Waals surface area contributed by atoms with E-state index < -0.39 is 23.6 Å². The highest BCUT2D eigenvalue weighted by atomic mass is 19.4. The number of nitrogens with zero attached hydrogens (tertiary/aromatic N) is 1. The topological polar surface area (TPSA) is 57.6 Å². The van der Waals surface area contributed by atoms with Crippen LogP contribution in [0.2, 0.25) is 0 Å². The minimum atomic E-state index is -4.39. The number of likely N-dealkylation sites (tertiary alicyclic amines) is 1. The van der Waals surface area contributed by atoms with Crippen molar-refractivity contribution >= 4 is 11.9 Å². The molecule has 1 aliphatic carbocycles. The third-order valence-electron chi connectivity index (χ3n) is 4.60. The molecule has 7 heteroatoms. The minimum absolute atomic E-state index is 0.142. The summed E-state index contributed by atoms with van der Waals surface area (Å²) >= 11 is 0. The number of hydrogen-bond acceptors (Lipinski definition) is 2. The molecule has 1 aromatic rings. The zero-order valence-electron chi connectivity index (χ0n) is 12.2. The SMILES string of the molecule is O=C(O)[C@@H]1CCN(C(=O)[C@@H]2C[C@@H]2c2cccc(C(F)(F)F)c2)C1. The maximum absolute atomic E-state index is 12.7. The third-order valence-corrected chi connectivity index (χ3v) is 4.60. The Morgan fingerprint density at radius 3 is 2.61 bits per heavy atom. The summed E-state index contributed by atoms with van der Waals surface area (Å²) < 4.78 is 38.2. The van der Waals surface area contributed by atoms with E-state index in [2.05, 4.69) is 0 Å². The molecule has 124 valence electrons. The van der Waals surface area contributed by atoms with Crippen molar-refractivity contribution < 1.29 is 27.9 Å². The highest BCUT2D eigenvalue weighted by Gasteiger charge is 2.47. The number of halogens is 3. The molecule has 3 rings (SSSR count). The summed E-state index contributed by atoms with van der Waals surface area (Å²) in [7, 11) is 0. The van der Waals surface area contributed by atoms with Crippen LogP contribution in [-0.4, -0.2) is 35.0 Å². The van der Waals surface area contributed by atoms with E-state index in [0.29, 0.717) is 24.9 Å². The van der Waals surface area contributed by atoms with Crippen LogP contribution in [-0.2, 0) is 15.8 Å². The Morgan fingerprint density at radius 2 is 2.00 bits per heavy atom. The van der Waals surface area contributed by atoms with E-state index in [1.54, 1.807) is 6.07 Å².